The van der Waals surface area contributed by atoms with Crippen molar-refractivity contribution in [2.24, 2.45) is 5.16 Å². The minimum Gasteiger partial charge on any atom is -0.390 e. The van der Waals surface area contributed by atoms with Crippen LogP contribution in [-0.2, 0) is 4.84 Å². The molecule has 0 aromatic heterocycles. The summed E-state index contributed by atoms with van der Waals surface area (Å²) in [5, 5.41) is 8.03. The first kappa shape index (κ1) is 22.3. The topological polar surface area (TPSA) is 33.6 Å². The Bertz CT molecular complexity index is 903. The van der Waals surface area contributed by atoms with Gasteiger partial charge in [-0.25, -0.2) is 0 Å². The Labute approximate surface area is 182 Å². The molecular weight excluding hydrogens is 368 g/mol. The van der Waals surface area contributed by atoms with Gasteiger partial charge < -0.3 is 10.2 Å². The fourth-order valence-electron chi connectivity index (χ4n) is 3.62. The standard InChI is InChI=1S/C27H36N2O/c1-20(2)28-18-12-8-6-7-9-13-21-16-17-23-22-14-10-11-15-24(22)26(25(23)19-21)29-30-27(3,4)5/h9-11,13-17,19-20,28H,6-8,12,18H2,1-5H3/b13-9+,29-26+. The van der Waals surface area contributed by atoms with Crippen molar-refractivity contribution in [3.8, 4) is 11.1 Å². The first-order chi connectivity index (χ1) is 14.3. The quantitative estimate of drug-likeness (QED) is 0.314. The smallest absolute Gasteiger partial charge is 0.129 e. The average Bonchev–Trinajstić information content (AvgIpc) is 3.00. The minimum absolute atomic E-state index is 0.313. The van der Waals surface area contributed by atoms with Gasteiger partial charge in [-0.2, -0.15) is 0 Å². The second kappa shape index (κ2) is 10.1. The maximum atomic E-state index is 5.79. The number of allylic oxidation sites excluding steroid dienone is 1. The molecule has 0 saturated heterocycles. The van der Waals surface area contributed by atoms with Crippen molar-refractivity contribution >= 4 is 11.8 Å². The second-order valence-corrected chi connectivity index (χ2v) is 9.35. The van der Waals surface area contributed by atoms with E-state index < -0.39 is 0 Å². The molecule has 0 atom stereocenters. The number of benzene rings is 2. The van der Waals surface area contributed by atoms with E-state index in [1.54, 1.807) is 0 Å². The third-order valence-corrected chi connectivity index (χ3v) is 5.09. The van der Waals surface area contributed by atoms with E-state index in [1.807, 2.05) is 20.8 Å². The molecule has 2 aromatic rings. The maximum Gasteiger partial charge on any atom is 0.129 e. The predicted molar refractivity (Wildman–Crippen MR) is 129 cm³/mol. The fraction of sp³-hybridized carbons (Fsp3) is 0.444. The predicted octanol–water partition coefficient (Wildman–Crippen LogP) is 6.81. The van der Waals surface area contributed by atoms with Crippen LogP contribution in [0.15, 0.2) is 53.7 Å². The van der Waals surface area contributed by atoms with Crippen LogP contribution in [-0.4, -0.2) is 23.9 Å². The van der Waals surface area contributed by atoms with Crippen LogP contribution in [0, 0.1) is 0 Å². The Balaban J connectivity index is 1.68. The van der Waals surface area contributed by atoms with E-state index in [0.717, 1.165) is 29.8 Å². The molecule has 1 aliphatic rings. The van der Waals surface area contributed by atoms with Crippen LogP contribution in [0.25, 0.3) is 17.2 Å². The van der Waals surface area contributed by atoms with Crippen LogP contribution >= 0.6 is 0 Å². The van der Waals surface area contributed by atoms with E-state index in [-0.39, 0.29) is 5.60 Å². The van der Waals surface area contributed by atoms with Gasteiger partial charge >= 0.3 is 0 Å². The lowest BCUT2D eigenvalue weighted by Gasteiger charge is -2.16. The van der Waals surface area contributed by atoms with E-state index in [9.17, 15) is 0 Å². The van der Waals surface area contributed by atoms with Gasteiger partial charge in [-0.05, 0) is 69.3 Å². The summed E-state index contributed by atoms with van der Waals surface area (Å²) in [6, 6.07) is 15.7. The molecule has 0 heterocycles. The highest BCUT2D eigenvalue weighted by Gasteiger charge is 2.26. The summed E-state index contributed by atoms with van der Waals surface area (Å²) in [7, 11) is 0. The Hall–Kier alpha value is -2.39. The van der Waals surface area contributed by atoms with Gasteiger partial charge in [-0.3, -0.25) is 0 Å². The zero-order chi connectivity index (χ0) is 21.6. The van der Waals surface area contributed by atoms with Crippen LogP contribution in [0.4, 0.5) is 0 Å². The summed E-state index contributed by atoms with van der Waals surface area (Å²) in [6.07, 6.45) is 9.40. The summed E-state index contributed by atoms with van der Waals surface area (Å²) < 4.78 is 0. The zero-order valence-corrected chi connectivity index (χ0v) is 19.2. The summed E-state index contributed by atoms with van der Waals surface area (Å²) in [5.74, 6) is 0. The fourth-order valence-corrected chi connectivity index (χ4v) is 3.62. The van der Waals surface area contributed by atoms with Crippen molar-refractivity contribution in [1.82, 2.24) is 5.32 Å². The Kier molecular flexibility index (Phi) is 7.49. The van der Waals surface area contributed by atoms with E-state index >= 15 is 0 Å². The number of rotatable bonds is 9. The number of oxime groups is 1. The molecule has 0 fully saturated rings. The number of unbranched alkanes of at least 4 members (excludes halogenated alkanes) is 3. The van der Waals surface area contributed by atoms with Crippen LogP contribution in [0.2, 0.25) is 0 Å². The molecule has 0 bridgehead atoms. The highest BCUT2D eigenvalue weighted by Crippen LogP contribution is 2.37. The highest BCUT2D eigenvalue weighted by molar-refractivity contribution is 6.24. The number of nitrogens with zero attached hydrogens (tertiary/aromatic N) is 1. The second-order valence-electron chi connectivity index (χ2n) is 9.35. The van der Waals surface area contributed by atoms with Crippen LogP contribution in [0.3, 0.4) is 0 Å². The molecule has 3 heteroatoms. The van der Waals surface area contributed by atoms with Crippen LogP contribution in [0.5, 0.6) is 0 Å². The first-order valence-corrected chi connectivity index (χ1v) is 11.3. The van der Waals surface area contributed by atoms with E-state index in [2.05, 4.69) is 78.9 Å². The summed E-state index contributed by atoms with van der Waals surface area (Å²) >= 11 is 0. The van der Waals surface area contributed by atoms with Crippen molar-refractivity contribution in [1.29, 1.82) is 0 Å². The van der Waals surface area contributed by atoms with E-state index in [0.29, 0.717) is 6.04 Å². The monoisotopic (exact) mass is 404 g/mol. The molecule has 30 heavy (non-hydrogen) atoms. The summed E-state index contributed by atoms with van der Waals surface area (Å²) in [6.45, 7) is 11.6. The number of hydrogen-bond donors (Lipinski definition) is 1. The highest BCUT2D eigenvalue weighted by atomic mass is 16.6. The van der Waals surface area contributed by atoms with E-state index in [1.165, 1.54) is 36.0 Å². The van der Waals surface area contributed by atoms with Gasteiger partial charge in [-0.1, -0.05) is 74.0 Å². The molecular formula is C27H36N2O. The Morgan fingerprint density at radius 1 is 0.933 bits per heavy atom. The molecule has 0 spiro atoms. The third-order valence-electron chi connectivity index (χ3n) is 5.09. The first-order valence-electron chi connectivity index (χ1n) is 11.3. The van der Waals surface area contributed by atoms with Gasteiger partial charge in [0.1, 0.15) is 11.3 Å². The molecule has 0 amide bonds. The molecule has 3 rings (SSSR count). The van der Waals surface area contributed by atoms with Gasteiger partial charge in [0.2, 0.25) is 0 Å². The number of nitrogens with one attached hydrogen (secondary N) is 1. The SMILES string of the molecule is CC(C)NCCCCC/C=C/c1ccc2c(c1)/C(=N/OC(C)(C)C)c1ccccc1-2. The lowest BCUT2D eigenvalue weighted by atomic mass is 10.0. The van der Waals surface area contributed by atoms with Crippen molar-refractivity contribution < 1.29 is 4.84 Å². The summed E-state index contributed by atoms with van der Waals surface area (Å²) in [4.78, 5) is 5.79. The largest absolute Gasteiger partial charge is 0.390 e. The van der Waals surface area contributed by atoms with Crippen molar-refractivity contribution in [2.45, 2.75) is 71.9 Å². The van der Waals surface area contributed by atoms with Gasteiger partial charge in [0, 0.05) is 17.2 Å². The molecule has 0 radical (unpaired) electrons. The van der Waals surface area contributed by atoms with Crippen molar-refractivity contribution in [3.05, 3.63) is 65.2 Å². The molecule has 3 nitrogen and oxygen atoms in total. The third kappa shape index (κ3) is 6.06. The molecule has 1 aliphatic carbocycles. The minimum atomic E-state index is -0.313. The van der Waals surface area contributed by atoms with Gasteiger partial charge in [0.05, 0.1) is 0 Å². The number of fused-ring (bicyclic) bond motifs is 3. The Morgan fingerprint density at radius 2 is 1.67 bits per heavy atom. The van der Waals surface area contributed by atoms with Gasteiger partial charge in [0.25, 0.3) is 0 Å². The summed E-state index contributed by atoms with van der Waals surface area (Å²) in [5.41, 5.74) is 6.60. The van der Waals surface area contributed by atoms with Crippen molar-refractivity contribution in [2.75, 3.05) is 6.54 Å². The van der Waals surface area contributed by atoms with Crippen LogP contribution in [0.1, 0.15) is 77.0 Å². The maximum absolute atomic E-state index is 5.79. The lowest BCUT2D eigenvalue weighted by molar-refractivity contribution is 0.00121. The molecule has 1 N–H and O–H groups in total. The van der Waals surface area contributed by atoms with E-state index in [4.69, 9.17) is 4.84 Å². The molecule has 2 aromatic carbocycles. The Morgan fingerprint density at radius 3 is 2.40 bits per heavy atom. The van der Waals surface area contributed by atoms with Crippen LogP contribution < -0.4 is 5.32 Å². The molecule has 0 aliphatic heterocycles. The van der Waals surface area contributed by atoms with Gasteiger partial charge in [0.15, 0.2) is 0 Å². The van der Waals surface area contributed by atoms with Gasteiger partial charge in [-0.15, -0.1) is 0 Å². The molecule has 0 unspecified atom stereocenters. The number of hydrogen-bond acceptors (Lipinski definition) is 3. The van der Waals surface area contributed by atoms with Crippen molar-refractivity contribution in [3.63, 3.8) is 0 Å². The lowest BCUT2D eigenvalue weighted by Crippen LogP contribution is -2.23. The average molecular weight is 405 g/mol. The molecule has 160 valence electrons. The normalized spacial score (nSPS) is 14.5. The zero-order valence-electron chi connectivity index (χ0n) is 19.2. The molecule has 0 saturated carbocycles.